The Hall–Kier alpha value is -4.05. The minimum atomic E-state index is -4.87. The first-order valence-corrected chi connectivity index (χ1v) is 8.84. The SMILES string of the molecule is FC(F)=C(F)Oc1cccc(OC(F)=C(F)F)c1.FC(F)=C(F)Oc1ccccc1OC(F)(F)C(F)F. The van der Waals surface area contributed by atoms with Crippen LogP contribution in [-0.4, -0.2) is 12.5 Å². The Labute approximate surface area is 197 Å². The van der Waals surface area contributed by atoms with Crippen LogP contribution in [0.2, 0.25) is 0 Å². The van der Waals surface area contributed by atoms with Gasteiger partial charge in [-0.3, -0.25) is 0 Å². The van der Waals surface area contributed by atoms with Gasteiger partial charge in [-0.15, -0.1) is 0 Å². The van der Waals surface area contributed by atoms with Gasteiger partial charge >= 0.3 is 48.8 Å². The molecule has 0 spiro atoms. The Kier molecular flexibility index (Phi) is 11.6. The van der Waals surface area contributed by atoms with Gasteiger partial charge in [0.05, 0.1) is 0 Å². The Bertz CT molecular complexity index is 1100. The van der Waals surface area contributed by atoms with Crippen LogP contribution in [0, 0.1) is 0 Å². The van der Waals surface area contributed by atoms with E-state index in [0.29, 0.717) is 0 Å². The third-order valence-electron chi connectivity index (χ3n) is 3.21. The lowest BCUT2D eigenvalue weighted by Gasteiger charge is -2.18. The van der Waals surface area contributed by atoms with Crippen molar-refractivity contribution >= 4 is 0 Å². The van der Waals surface area contributed by atoms with E-state index in [1.807, 2.05) is 0 Å². The van der Waals surface area contributed by atoms with E-state index in [1.54, 1.807) is 0 Å². The first-order valence-electron chi connectivity index (χ1n) is 8.84. The molecule has 0 unspecified atom stereocenters. The molecule has 204 valence electrons. The highest BCUT2D eigenvalue weighted by atomic mass is 19.3. The summed E-state index contributed by atoms with van der Waals surface area (Å²) in [6.07, 6.45) is -17.2. The second-order valence-corrected chi connectivity index (χ2v) is 5.79. The zero-order valence-corrected chi connectivity index (χ0v) is 17.2. The van der Waals surface area contributed by atoms with Crippen LogP contribution >= 0.6 is 0 Å². The highest BCUT2D eigenvalue weighted by molar-refractivity contribution is 5.40. The van der Waals surface area contributed by atoms with E-state index >= 15 is 0 Å². The number of para-hydroxylation sites is 2. The maximum Gasteiger partial charge on any atom is 0.461 e. The molecular formula is C20H9F13O4. The number of benzene rings is 2. The Morgan fingerprint density at radius 1 is 0.568 bits per heavy atom. The second-order valence-electron chi connectivity index (χ2n) is 5.79. The molecular weight excluding hydrogens is 551 g/mol. The molecule has 2 rings (SSSR count). The molecule has 0 N–H and O–H groups in total. The highest BCUT2D eigenvalue weighted by Crippen LogP contribution is 2.35. The van der Waals surface area contributed by atoms with Gasteiger partial charge in [0, 0.05) is 6.07 Å². The quantitative estimate of drug-likeness (QED) is 0.227. The van der Waals surface area contributed by atoms with Crippen molar-refractivity contribution < 1.29 is 76.0 Å². The fraction of sp³-hybridized carbons (Fsp3) is 0.100. The molecule has 0 fully saturated rings. The van der Waals surface area contributed by atoms with Crippen LogP contribution in [0.4, 0.5) is 57.1 Å². The van der Waals surface area contributed by atoms with Gasteiger partial charge in [0.1, 0.15) is 11.5 Å². The molecule has 17 heteroatoms. The Morgan fingerprint density at radius 3 is 1.38 bits per heavy atom. The molecule has 0 aliphatic rings. The molecule has 37 heavy (non-hydrogen) atoms. The summed E-state index contributed by atoms with van der Waals surface area (Å²) in [5.41, 5.74) is 0. The standard InChI is InChI=1S/C10H5F7O2.C10H4F6O2/c11-7(12)8(13)18-5-3-1-2-4-6(5)19-10(16,17)9(14)15;11-7(12)9(15)17-5-2-1-3-6(4-5)18-10(16)8(13)14/h1-4,9H;1-4H. The molecule has 0 saturated heterocycles. The van der Waals surface area contributed by atoms with Crippen LogP contribution in [0.5, 0.6) is 23.0 Å². The lowest BCUT2D eigenvalue weighted by Crippen LogP contribution is -2.33. The molecule has 0 amide bonds. The summed E-state index contributed by atoms with van der Waals surface area (Å²) in [6.45, 7) is 0. The molecule has 0 heterocycles. The fourth-order valence-electron chi connectivity index (χ4n) is 1.83. The van der Waals surface area contributed by atoms with E-state index in [2.05, 4.69) is 18.9 Å². The summed E-state index contributed by atoms with van der Waals surface area (Å²) < 4.78 is 172. The van der Waals surface area contributed by atoms with Crippen molar-refractivity contribution in [2.24, 2.45) is 0 Å². The van der Waals surface area contributed by atoms with E-state index in [9.17, 15) is 57.1 Å². The summed E-state index contributed by atoms with van der Waals surface area (Å²) in [4.78, 5) is 0. The van der Waals surface area contributed by atoms with Crippen molar-refractivity contribution in [1.29, 1.82) is 0 Å². The number of rotatable bonds is 9. The van der Waals surface area contributed by atoms with Crippen molar-refractivity contribution in [3.63, 3.8) is 0 Å². The number of alkyl halides is 4. The van der Waals surface area contributed by atoms with E-state index in [1.165, 1.54) is 0 Å². The Balaban J connectivity index is 0.000000371. The zero-order valence-electron chi connectivity index (χ0n) is 17.2. The number of halogens is 13. The third-order valence-corrected chi connectivity index (χ3v) is 3.21. The number of hydrogen-bond donors (Lipinski definition) is 0. The van der Waals surface area contributed by atoms with Crippen molar-refractivity contribution in [2.75, 3.05) is 0 Å². The average Bonchev–Trinajstić information content (AvgIpc) is 2.80. The average molecular weight is 560 g/mol. The van der Waals surface area contributed by atoms with E-state index in [4.69, 9.17) is 0 Å². The molecule has 2 aromatic rings. The van der Waals surface area contributed by atoms with Gasteiger partial charge in [0.15, 0.2) is 11.5 Å². The van der Waals surface area contributed by atoms with Gasteiger partial charge in [-0.2, -0.15) is 57.1 Å². The maximum atomic E-state index is 12.6. The molecule has 0 aliphatic carbocycles. The minimum absolute atomic E-state index is 0.468. The van der Waals surface area contributed by atoms with Crippen LogP contribution in [0.25, 0.3) is 0 Å². The molecule has 0 aliphatic heterocycles. The molecule has 4 nitrogen and oxygen atoms in total. The maximum absolute atomic E-state index is 12.6. The first kappa shape index (κ1) is 31.0. The van der Waals surface area contributed by atoms with Gasteiger partial charge in [-0.05, 0) is 24.3 Å². The normalized spacial score (nSPS) is 10.5. The zero-order chi connectivity index (χ0) is 28.3. The second kappa shape index (κ2) is 13.9. The van der Waals surface area contributed by atoms with Crippen LogP contribution in [0.1, 0.15) is 0 Å². The summed E-state index contributed by atoms with van der Waals surface area (Å²) in [5, 5.41) is 0. The topological polar surface area (TPSA) is 36.9 Å². The van der Waals surface area contributed by atoms with Crippen molar-refractivity contribution in [3.8, 4) is 23.0 Å². The summed E-state index contributed by atoms with van der Waals surface area (Å²) >= 11 is 0. The van der Waals surface area contributed by atoms with Crippen LogP contribution in [0.3, 0.4) is 0 Å². The molecule has 0 aromatic heterocycles. The molecule has 0 atom stereocenters. The van der Waals surface area contributed by atoms with Gasteiger partial charge < -0.3 is 18.9 Å². The first-order chi connectivity index (χ1) is 17.1. The fourth-order valence-corrected chi connectivity index (χ4v) is 1.83. The van der Waals surface area contributed by atoms with Gasteiger partial charge in [-0.1, -0.05) is 18.2 Å². The lowest BCUT2D eigenvalue weighted by atomic mass is 10.3. The summed E-state index contributed by atoms with van der Waals surface area (Å²) in [6, 6.07) is 1.02. The monoisotopic (exact) mass is 560 g/mol. The molecule has 0 bridgehead atoms. The smallest absolute Gasteiger partial charge is 0.428 e. The Morgan fingerprint density at radius 2 is 0.973 bits per heavy atom. The minimum Gasteiger partial charge on any atom is -0.428 e. The van der Waals surface area contributed by atoms with E-state index < -0.39 is 71.8 Å². The molecule has 0 saturated carbocycles. The summed E-state index contributed by atoms with van der Waals surface area (Å²) in [7, 11) is 0. The lowest BCUT2D eigenvalue weighted by molar-refractivity contribution is -0.253. The molecule has 0 radical (unpaired) electrons. The van der Waals surface area contributed by atoms with Crippen LogP contribution < -0.4 is 18.9 Å². The largest absolute Gasteiger partial charge is 0.461 e. The predicted octanol–water partition coefficient (Wildman–Crippen LogP) is 8.85. The predicted molar refractivity (Wildman–Crippen MR) is 97.4 cm³/mol. The highest BCUT2D eigenvalue weighted by Gasteiger charge is 2.44. The van der Waals surface area contributed by atoms with Crippen molar-refractivity contribution in [1.82, 2.24) is 0 Å². The summed E-state index contributed by atoms with van der Waals surface area (Å²) in [5.74, 6) is -2.84. The van der Waals surface area contributed by atoms with Crippen LogP contribution in [0.15, 0.2) is 84.8 Å². The van der Waals surface area contributed by atoms with Gasteiger partial charge in [0.25, 0.3) is 0 Å². The van der Waals surface area contributed by atoms with Crippen LogP contribution in [-0.2, 0) is 0 Å². The number of ether oxygens (including phenoxy) is 4. The van der Waals surface area contributed by atoms with E-state index in [0.717, 1.165) is 48.5 Å². The van der Waals surface area contributed by atoms with Gasteiger partial charge in [0.2, 0.25) is 0 Å². The number of hydrogen-bond acceptors (Lipinski definition) is 4. The van der Waals surface area contributed by atoms with Crippen molar-refractivity contribution in [2.45, 2.75) is 12.5 Å². The van der Waals surface area contributed by atoms with E-state index in [-0.39, 0.29) is 0 Å². The molecule has 2 aromatic carbocycles. The van der Waals surface area contributed by atoms with Crippen molar-refractivity contribution in [3.05, 3.63) is 84.8 Å². The van der Waals surface area contributed by atoms with Gasteiger partial charge in [-0.25, -0.2) is 0 Å². The third kappa shape index (κ3) is 10.6.